The van der Waals surface area contributed by atoms with Gasteiger partial charge in [0.2, 0.25) is 0 Å². The average molecular weight is 337 g/mol. The molecule has 130 valence electrons. The molecule has 0 aliphatic carbocycles. The van der Waals surface area contributed by atoms with Crippen molar-refractivity contribution in [3.8, 4) is 0 Å². The van der Waals surface area contributed by atoms with Crippen molar-refractivity contribution >= 4 is 34.0 Å². The predicted molar refractivity (Wildman–Crippen MR) is 102 cm³/mol. The zero-order valence-corrected chi connectivity index (χ0v) is 14.8. The van der Waals surface area contributed by atoms with Crippen molar-refractivity contribution in [2.75, 3.05) is 43.6 Å². The van der Waals surface area contributed by atoms with Crippen LogP contribution in [0.15, 0.2) is 24.3 Å². The molecule has 2 aromatic heterocycles. The summed E-state index contributed by atoms with van der Waals surface area (Å²) in [5.41, 5.74) is 11.4. The van der Waals surface area contributed by atoms with E-state index in [1.165, 1.54) is 11.1 Å². The number of nitrogens with zero attached hydrogens (tertiary/aromatic N) is 4. The molecule has 0 bridgehead atoms. The van der Waals surface area contributed by atoms with Crippen molar-refractivity contribution in [2.45, 2.75) is 13.0 Å². The van der Waals surface area contributed by atoms with Crippen LogP contribution < -0.4 is 16.0 Å². The molecule has 4 N–H and O–H groups in total. The average Bonchev–Trinajstić information content (AvgIpc) is 2.96. The number of likely N-dealkylation sites (N-methyl/N-ethyl adjacent to an activating group) is 1. The predicted octanol–water partition coefficient (Wildman–Crippen LogP) is 2.34. The van der Waals surface area contributed by atoms with Gasteiger partial charge in [0.25, 0.3) is 0 Å². The maximum atomic E-state index is 6.09. The van der Waals surface area contributed by atoms with Crippen LogP contribution in [0, 0.1) is 0 Å². The van der Waals surface area contributed by atoms with Crippen LogP contribution in [0.25, 0.3) is 11.0 Å². The van der Waals surface area contributed by atoms with Crippen molar-refractivity contribution in [1.29, 1.82) is 0 Å². The number of anilines is 4. The Hall–Kier alpha value is -2.80. The lowest BCUT2D eigenvalue weighted by Gasteiger charge is -2.27. The molecule has 1 aromatic carbocycles. The lowest BCUT2D eigenvalue weighted by molar-refractivity contribution is 0.314. The normalized spacial score (nSPS) is 14.5. The van der Waals surface area contributed by atoms with Gasteiger partial charge in [0.15, 0.2) is 5.65 Å². The highest BCUT2D eigenvalue weighted by Crippen LogP contribution is 2.34. The van der Waals surface area contributed by atoms with E-state index in [1.807, 2.05) is 14.1 Å². The van der Waals surface area contributed by atoms with E-state index in [-0.39, 0.29) is 0 Å². The molecule has 0 saturated heterocycles. The van der Waals surface area contributed by atoms with E-state index in [0.29, 0.717) is 11.5 Å². The summed E-state index contributed by atoms with van der Waals surface area (Å²) in [6.07, 6.45) is 0.947. The fourth-order valence-corrected chi connectivity index (χ4v) is 3.37. The molecular formula is C18H23N7. The number of aromatic amines is 1. The summed E-state index contributed by atoms with van der Waals surface area (Å²) in [5, 5.41) is 11.6. The number of fused-ring (bicyclic) bond motifs is 3. The first-order valence-corrected chi connectivity index (χ1v) is 8.41. The standard InChI is InChI=1S/C18H23N7/c1-24(2)12-6-4-11(5-7-12)20-17-14-10-25(3)9-8-13(14)15-16(19)22-23-18(15)21-17/h4-7H,8-10H2,1-3H3,(H4,19,20,21,22,23). The van der Waals surface area contributed by atoms with Gasteiger partial charge in [-0.15, -0.1) is 0 Å². The second-order valence-electron chi connectivity index (χ2n) is 6.81. The number of nitrogens with one attached hydrogen (secondary N) is 2. The van der Waals surface area contributed by atoms with Gasteiger partial charge in [-0.1, -0.05) is 0 Å². The first-order valence-electron chi connectivity index (χ1n) is 8.41. The van der Waals surface area contributed by atoms with Gasteiger partial charge in [-0.3, -0.25) is 5.10 Å². The molecule has 7 heteroatoms. The molecule has 3 heterocycles. The third kappa shape index (κ3) is 2.76. The summed E-state index contributed by atoms with van der Waals surface area (Å²) in [5.74, 6) is 1.46. The van der Waals surface area contributed by atoms with Crippen LogP contribution in [-0.4, -0.2) is 47.8 Å². The number of nitrogens with two attached hydrogens (primary N) is 1. The summed E-state index contributed by atoms with van der Waals surface area (Å²) in [6, 6.07) is 8.32. The van der Waals surface area contributed by atoms with E-state index in [1.54, 1.807) is 0 Å². The number of hydrogen-bond acceptors (Lipinski definition) is 6. The molecule has 0 fully saturated rings. The molecule has 0 spiro atoms. The fraction of sp³-hybridized carbons (Fsp3) is 0.333. The highest BCUT2D eigenvalue weighted by molar-refractivity contribution is 5.92. The van der Waals surface area contributed by atoms with Crippen LogP contribution in [0.5, 0.6) is 0 Å². The van der Waals surface area contributed by atoms with Crippen molar-refractivity contribution in [3.63, 3.8) is 0 Å². The van der Waals surface area contributed by atoms with E-state index in [0.717, 1.165) is 42.1 Å². The van der Waals surface area contributed by atoms with E-state index in [4.69, 9.17) is 10.7 Å². The molecule has 1 aliphatic heterocycles. The quantitative estimate of drug-likeness (QED) is 0.680. The van der Waals surface area contributed by atoms with E-state index in [9.17, 15) is 0 Å². The third-order valence-corrected chi connectivity index (χ3v) is 4.76. The van der Waals surface area contributed by atoms with Crippen LogP contribution in [0.3, 0.4) is 0 Å². The molecule has 0 radical (unpaired) electrons. The summed E-state index contributed by atoms with van der Waals surface area (Å²) < 4.78 is 0. The van der Waals surface area contributed by atoms with Crippen LogP contribution in [-0.2, 0) is 13.0 Å². The molecule has 25 heavy (non-hydrogen) atoms. The third-order valence-electron chi connectivity index (χ3n) is 4.76. The molecule has 4 rings (SSSR count). The Bertz CT molecular complexity index is 911. The summed E-state index contributed by atoms with van der Waals surface area (Å²) >= 11 is 0. The SMILES string of the molecule is CN1CCc2c(c(Nc3ccc(N(C)C)cc3)nc3n[nH]c(N)c23)C1. The zero-order chi connectivity index (χ0) is 17.6. The Morgan fingerprint density at radius 1 is 1.20 bits per heavy atom. The Balaban J connectivity index is 1.77. The van der Waals surface area contributed by atoms with Gasteiger partial charge in [-0.25, -0.2) is 4.98 Å². The van der Waals surface area contributed by atoms with Gasteiger partial charge in [0, 0.05) is 44.1 Å². The molecule has 0 unspecified atom stereocenters. The van der Waals surface area contributed by atoms with Gasteiger partial charge in [-0.2, -0.15) is 5.10 Å². The monoisotopic (exact) mass is 337 g/mol. The Morgan fingerprint density at radius 2 is 1.96 bits per heavy atom. The maximum absolute atomic E-state index is 6.09. The second-order valence-corrected chi connectivity index (χ2v) is 6.81. The molecule has 0 amide bonds. The van der Waals surface area contributed by atoms with Crippen LogP contribution in [0.4, 0.5) is 23.0 Å². The van der Waals surface area contributed by atoms with Crippen LogP contribution in [0.2, 0.25) is 0 Å². The van der Waals surface area contributed by atoms with Gasteiger partial charge in [0.05, 0.1) is 5.39 Å². The van der Waals surface area contributed by atoms with Gasteiger partial charge < -0.3 is 20.9 Å². The minimum atomic E-state index is 0.602. The number of hydrogen-bond donors (Lipinski definition) is 3. The number of rotatable bonds is 3. The lowest BCUT2D eigenvalue weighted by atomic mass is 9.97. The number of nitrogen functional groups attached to an aromatic ring is 1. The highest BCUT2D eigenvalue weighted by Gasteiger charge is 2.23. The summed E-state index contributed by atoms with van der Waals surface area (Å²) in [6.45, 7) is 1.86. The highest BCUT2D eigenvalue weighted by atomic mass is 15.2. The molecule has 0 saturated carbocycles. The maximum Gasteiger partial charge on any atom is 0.185 e. The summed E-state index contributed by atoms with van der Waals surface area (Å²) in [4.78, 5) is 9.10. The Morgan fingerprint density at radius 3 is 2.68 bits per heavy atom. The largest absolute Gasteiger partial charge is 0.384 e. The van der Waals surface area contributed by atoms with Gasteiger partial charge >= 0.3 is 0 Å². The zero-order valence-electron chi connectivity index (χ0n) is 14.8. The number of aromatic nitrogens is 3. The molecule has 7 nitrogen and oxygen atoms in total. The van der Waals surface area contributed by atoms with Crippen LogP contribution >= 0.6 is 0 Å². The Kier molecular flexibility index (Phi) is 3.73. The van der Waals surface area contributed by atoms with Crippen molar-refractivity contribution in [2.24, 2.45) is 0 Å². The first kappa shape index (κ1) is 15.7. The molecular weight excluding hydrogens is 314 g/mol. The molecule has 1 aliphatic rings. The van der Waals surface area contributed by atoms with Gasteiger partial charge in [-0.05, 0) is 43.3 Å². The lowest BCUT2D eigenvalue weighted by Crippen LogP contribution is -2.27. The van der Waals surface area contributed by atoms with E-state index >= 15 is 0 Å². The molecule has 3 aromatic rings. The van der Waals surface area contributed by atoms with Crippen molar-refractivity contribution in [1.82, 2.24) is 20.1 Å². The van der Waals surface area contributed by atoms with Crippen LogP contribution in [0.1, 0.15) is 11.1 Å². The minimum absolute atomic E-state index is 0.602. The minimum Gasteiger partial charge on any atom is -0.384 e. The number of H-pyrrole nitrogens is 1. The fourth-order valence-electron chi connectivity index (χ4n) is 3.37. The van der Waals surface area contributed by atoms with Gasteiger partial charge in [0.1, 0.15) is 11.6 Å². The molecule has 0 atom stereocenters. The van der Waals surface area contributed by atoms with E-state index in [2.05, 4.69) is 56.6 Å². The number of pyridine rings is 1. The first-order chi connectivity index (χ1) is 12.0. The Labute approximate surface area is 146 Å². The van der Waals surface area contributed by atoms with E-state index < -0.39 is 0 Å². The smallest absolute Gasteiger partial charge is 0.185 e. The van der Waals surface area contributed by atoms with Crippen molar-refractivity contribution in [3.05, 3.63) is 35.4 Å². The topological polar surface area (TPSA) is 86.1 Å². The number of benzene rings is 1. The van der Waals surface area contributed by atoms with Crippen molar-refractivity contribution < 1.29 is 0 Å². The second kappa shape index (κ2) is 5.93. The summed E-state index contributed by atoms with van der Waals surface area (Å²) in [7, 11) is 6.19.